The number of halogens is 1. The van der Waals surface area contributed by atoms with Crippen LogP contribution in [0.4, 0.5) is 0 Å². The van der Waals surface area contributed by atoms with Crippen LogP contribution in [-0.4, -0.2) is 29.4 Å². The molecule has 24 heavy (non-hydrogen) atoms. The number of carbonyl (C=O) groups excluding carboxylic acids is 1. The van der Waals surface area contributed by atoms with E-state index in [9.17, 15) is 4.79 Å². The minimum atomic E-state index is -0.0928. The summed E-state index contributed by atoms with van der Waals surface area (Å²) in [5.41, 5.74) is 3.43. The molecule has 0 saturated heterocycles. The summed E-state index contributed by atoms with van der Waals surface area (Å²) in [5.74, 6) is -0.0343. The second-order valence-corrected chi connectivity index (χ2v) is 7.77. The Labute approximate surface area is 152 Å². The van der Waals surface area contributed by atoms with Crippen molar-refractivity contribution in [3.63, 3.8) is 0 Å². The highest BCUT2D eigenvalue weighted by atomic mass is 79.9. The minimum absolute atomic E-state index is 0.0343. The van der Waals surface area contributed by atoms with Gasteiger partial charge in [0.1, 0.15) is 0 Å². The van der Waals surface area contributed by atoms with Gasteiger partial charge in [-0.1, -0.05) is 36.4 Å². The summed E-state index contributed by atoms with van der Waals surface area (Å²) in [4.78, 5) is 14.9. The summed E-state index contributed by atoms with van der Waals surface area (Å²) in [6.07, 6.45) is 1.07. The number of carbonyl (C=O) groups is 1. The number of hydrogen-bond acceptors (Lipinski definition) is 2. The fourth-order valence-electron chi connectivity index (χ4n) is 3.16. The molecule has 1 aliphatic rings. The van der Waals surface area contributed by atoms with Crippen LogP contribution in [0.25, 0.3) is 0 Å². The lowest BCUT2D eigenvalue weighted by Gasteiger charge is -2.41. The summed E-state index contributed by atoms with van der Waals surface area (Å²) in [5, 5.41) is 3.09. The molecule has 126 valence electrons. The molecule has 0 saturated carbocycles. The normalized spacial score (nSPS) is 15.0. The fourth-order valence-corrected chi connectivity index (χ4v) is 3.63. The first-order valence-electron chi connectivity index (χ1n) is 8.32. The monoisotopic (exact) mass is 386 g/mol. The molecule has 4 heteroatoms. The van der Waals surface area contributed by atoms with Crippen molar-refractivity contribution in [2.24, 2.45) is 0 Å². The van der Waals surface area contributed by atoms with Crippen LogP contribution in [-0.2, 0) is 13.0 Å². The van der Waals surface area contributed by atoms with Gasteiger partial charge in [0.05, 0.1) is 5.56 Å². The van der Waals surface area contributed by atoms with E-state index in [0.29, 0.717) is 12.1 Å². The van der Waals surface area contributed by atoms with Crippen molar-refractivity contribution in [3.05, 3.63) is 69.7 Å². The van der Waals surface area contributed by atoms with E-state index in [0.717, 1.165) is 24.0 Å². The molecule has 2 aromatic carbocycles. The van der Waals surface area contributed by atoms with E-state index in [2.05, 4.69) is 64.3 Å². The Kier molecular flexibility index (Phi) is 5.07. The van der Waals surface area contributed by atoms with Crippen LogP contribution < -0.4 is 5.32 Å². The summed E-state index contributed by atoms with van der Waals surface area (Å²) in [6.45, 7) is 6.97. The minimum Gasteiger partial charge on any atom is -0.350 e. The molecule has 0 atom stereocenters. The van der Waals surface area contributed by atoms with Gasteiger partial charge in [-0.05, 0) is 59.5 Å². The van der Waals surface area contributed by atoms with Crippen LogP contribution in [0.2, 0.25) is 0 Å². The molecule has 3 nitrogen and oxygen atoms in total. The molecule has 0 aliphatic carbocycles. The maximum Gasteiger partial charge on any atom is 0.252 e. The summed E-state index contributed by atoms with van der Waals surface area (Å²) in [7, 11) is 0. The van der Waals surface area contributed by atoms with Gasteiger partial charge in [-0.3, -0.25) is 9.69 Å². The number of nitrogens with zero attached hydrogens (tertiary/aromatic N) is 1. The Morgan fingerprint density at radius 2 is 1.79 bits per heavy atom. The van der Waals surface area contributed by atoms with Crippen LogP contribution in [0.3, 0.4) is 0 Å². The Morgan fingerprint density at radius 1 is 1.12 bits per heavy atom. The molecule has 1 heterocycles. The number of amides is 1. The van der Waals surface area contributed by atoms with Crippen molar-refractivity contribution in [2.45, 2.75) is 32.4 Å². The zero-order valence-corrected chi connectivity index (χ0v) is 15.8. The van der Waals surface area contributed by atoms with Crippen LogP contribution >= 0.6 is 15.9 Å². The highest BCUT2D eigenvalue weighted by Crippen LogP contribution is 2.25. The first-order valence-corrected chi connectivity index (χ1v) is 9.11. The quantitative estimate of drug-likeness (QED) is 0.860. The van der Waals surface area contributed by atoms with Crippen LogP contribution in [0, 0.1) is 0 Å². The lowest BCUT2D eigenvalue weighted by Crippen LogP contribution is -2.53. The highest BCUT2D eigenvalue weighted by Gasteiger charge is 2.30. The van der Waals surface area contributed by atoms with Gasteiger partial charge >= 0.3 is 0 Å². The molecule has 1 amide bonds. The van der Waals surface area contributed by atoms with Gasteiger partial charge in [0, 0.05) is 29.6 Å². The van der Waals surface area contributed by atoms with Gasteiger partial charge < -0.3 is 5.32 Å². The predicted octanol–water partition coefficient (Wildman–Crippen LogP) is 4.02. The maximum absolute atomic E-state index is 12.4. The SMILES string of the molecule is CC(C)(CNC(=O)c1ccccc1Br)N1CCc2ccccc2C1. The van der Waals surface area contributed by atoms with Gasteiger partial charge in [0.2, 0.25) is 0 Å². The average Bonchev–Trinajstić information content (AvgIpc) is 2.60. The summed E-state index contributed by atoms with van der Waals surface area (Å²) >= 11 is 3.44. The Hall–Kier alpha value is -1.65. The maximum atomic E-state index is 12.4. The molecular formula is C20H23BrN2O. The number of hydrogen-bond donors (Lipinski definition) is 1. The molecule has 0 fully saturated rings. The lowest BCUT2D eigenvalue weighted by atomic mass is 9.94. The molecular weight excluding hydrogens is 364 g/mol. The summed E-state index contributed by atoms with van der Waals surface area (Å²) in [6, 6.07) is 16.2. The van der Waals surface area contributed by atoms with E-state index in [1.807, 2.05) is 24.3 Å². The Balaban J connectivity index is 1.64. The zero-order chi connectivity index (χ0) is 17.2. The van der Waals surface area contributed by atoms with Gasteiger partial charge in [-0.25, -0.2) is 0 Å². The second kappa shape index (κ2) is 7.08. The van der Waals surface area contributed by atoms with Crippen LogP contribution in [0.15, 0.2) is 53.0 Å². The molecule has 0 unspecified atom stereocenters. The van der Waals surface area contributed by atoms with Crippen molar-refractivity contribution in [1.29, 1.82) is 0 Å². The number of fused-ring (bicyclic) bond motifs is 1. The summed E-state index contributed by atoms with van der Waals surface area (Å²) < 4.78 is 0.826. The largest absolute Gasteiger partial charge is 0.350 e. The number of rotatable bonds is 4. The predicted molar refractivity (Wildman–Crippen MR) is 101 cm³/mol. The van der Waals surface area contributed by atoms with Crippen molar-refractivity contribution in [1.82, 2.24) is 10.2 Å². The van der Waals surface area contributed by atoms with Crippen molar-refractivity contribution < 1.29 is 4.79 Å². The molecule has 0 bridgehead atoms. The Bertz CT molecular complexity index is 742. The van der Waals surface area contributed by atoms with Gasteiger partial charge in [-0.15, -0.1) is 0 Å². The molecule has 3 rings (SSSR count). The van der Waals surface area contributed by atoms with Gasteiger partial charge in [0.25, 0.3) is 5.91 Å². The van der Waals surface area contributed by atoms with E-state index in [-0.39, 0.29) is 11.4 Å². The molecule has 0 aromatic heterocycles. The topological polar surface area (TPSA) is 32.3 Å². The smallest absolute Gasteiger partial charge is 0.252 e. The Morgan fingerprint density at radius 3 is 2.54 bits per heavy atom. The number of nitrogens with one attached hydrogen (secondary N) is 1. The first-order chi connectivity index (χ1) is 11.5. The fraction of sp³-hybridized carbons (Fsp3) is 0.350. The van der Waals surface area contributed by atoms with Crippen molar-refractivity contribution >= 4 is 21.8 Å². The van der Waals surface area contributed by atoms with Gasteiger partial charge in [-0.2, -0.15) is 0 Å². The van der Waals surface area contributed by atoms with E-state index in [1.54, 1.807) is 0 Å². The lowest BCUT2D eigenvalue weighted by molar-refractivity contribution is 0.0825. The number of benzene rings is 2. The van der Waals surface area contributed by atoms with Crippen LogP contribution in [0.5, 0.6) is 0 Å². The van der Waals surface area contributed by atoms with Crippen molar-refractivity contribution in [2.75, 3.05) is 13.1 Å². The third-order valence-corrected chi connectivity index (χ3v) is 5.48. The van der Waals surface area contributed by atoms with Crippen LogP contribution in [0.1, 0.15) is 35.3 Å². The average molecular weight is 387 g/mol. The molecule has 0 radical (unpaired) electrons. The van der Waals surface area contributed by atoms with E-state index < -0.39 is 0 Å². The standard InChI is InChI=1S/C20H23BrN2O/c1-20(2,14-22-19(24)17-9-5-6-10-18(17)21)23-12-11-15-7-3-4-8-16(15)13-23/h3-10H,11-14H2,1-2H3,(H,22,24). The highest BCUT2D eigenvalue weighted by molar-refractivity contribution is 9.10. The first kappa shape index (κ1) is 17.2. The molecule has 1 aliphatic heterocycles. The second-order valence-electron chi connectivity index (χ2n) is 6.92. The molecule has 2 aromatic rings. The van der Waals surface area contributed by atoms with Crippen molar-refractivity contribution in [3.8, 4) is 0 Å². The van der Waals surface area contributed by atoms with E-state index in [4.69, 9.17) is 0 Å². The van der Waals surface area contributed by atoms with E-state index >= 15 is 0 Å². The third kappa shape index (κ3) is 3.70. The zero-order valence-electron chi connectivity index (χ0n) is 14.2. The van der Waals surface area contributed by atoms with E-state index in [1.165, 1.54) is 11.1 Å². The van der Waals surface area contributed by atoms with Gasteiger partial charge in [0.15, 0.2) is 0 Å². The third-order valence-electron chi connectivity index (χ3n) is 4.79. The molecule has 0 spiro atoms. The molecule has 1 N–H and O–H groups in total.